The Balaban J connectivity index is 2.15. The summed E-state index contributed by atoms with van der Waals surface area (Å²) in [6.07, 6.45) is 1.45. The molecule has 0 saturated carbocycles. The molecular formula is C19H19IN2O6. The molecule has 0 atom stereocenters. The van der Waals surface area contributed by atoms with Crippen LogP contribution in [0.4, 0.5) is 0 Å². The number of benzene rings is 2. The maximum Gasteiger partial charge on any atom is 0.341 e. The molecule has 0 aromatic heterocycles. The van der Waals surface area contributed by atoms with Crippen LogP contribution in [0.1, 0.15) is 21.5 Å². The summed E-state index contributed by atoms with van der Waals surface area (Å²) in [4.78, 5) is 23.0. The van der Waals surface area contributed by atoms with E-state index in [2.05, 4.69) is 10.5 Å². The Morgan fingerprint density at radius 2 is 1.89 bits per heavy atom. The van der Waals surface area contributed by atoms with E-state index in [4.69, 9.17) is 19.3 Å². The Kier molecular flexibility index (Phi) is 7.61. The van der Waals surface area contributed by atoms with Gasteiger partial charge in [0.05, 0.1) is 29.6 Å². The van der Waals surface area contributed by atoms with Crippen molar-refractivity contribution in [2.24, 2.45) is 5.10 Å². The number of hydrazone groups is 1. The monoisotopic (exact) mass is 498 g/mol. The summed E-state index contributed by atoms with van der Waals surface area (Å²) in [6.45, 7) is 1.43. The highest BCUT2D eigenvalue weighted by atomic mass is 127. The van der Waals surface area contributed by atoms with Crippen LogP contribution in [0.2, 0.25) is 0 Å². The summed E-state index contributed by atoms with van der Waals surface area (Å²) >= 11 is 2.01. The molecule has 0 saturated heterocycles. The van der Waals surface area contributed by atoms with E-state index in [1.165, 1.54) is 20.4 Å². The van der Waals surface area contributed by atoms with Gasteiger partial charge in [0.15, 0.2) is 18.1 Å². The molecule has 0 unspecified atom stereocenters. The summed E-state index contributed by atoms with van der Waals surface area (Å²) < 4.78 is 16.4. The number of aliphatic carboxylic acids is 1. The summed E-state index contributed by atoms with van der Waals surface area (Å²) in [7, 11) is 2.95. The van der Waals surface area contributed by atoms with Crippen LogP contribution in [0.15, 0.2) is 35.4 Å². The van der Waals surface area contributed by atoms with Gasteiger partial charge in [-0.15, -0.1) is 0 Å². The molecule has 0 spiro atoms. The molecule has 2 N–H and O–H groups in total. The Morgan fingerprint density at radius 1 is 1.18 bits per heavy atom. The van der Waals surface area contributed by atoms with E-state index in [0.717, 1.165) is 5.56 Å². The van der Waals surface area contributed by atoms with E-state index in [1.54, 1.807) is 24.3 Å². The Morgan fingerprint density at radius 3 is 2.54 bits per heavy atom. The lowest BCUT2D eigenvalue weighted by atomic mass is 10.1. The smallest absolute Gasteiger partial charge is 0.341 e. The van der Waals surface area contributed by atoms with Crippen molar-refractivity contribution >= 4 is 40.7 Å². The van der Waals surface area contributed by atoms with Crippen LogP contribution in [0.5, 0.6) is 17.2 Å². The van der Waals surface area contributed by atoms with E-state index in [1.807, 2.05) is 35.6 Å². The molecule has 28 heavy (non-hydrogen) atoms. The van der Waals surface area contributed by atoms with Gasteiger partial charge >= 0.3 is 5.97 Å². The zero-order valence-electron chi connectivity index (χ0n) is 15.5. The van der Waals surface area contributed by atoms with Crippen LogP contribution in [0.25, 0.3) is 0 Å². The van der Waals surface area contributed by atoms with Crippen molar-refractivity contribution in [1.82, 2.24) is 5.43 Å². The molecule has 1 amide bonds. The van der Waals surface area contributed by atoms with Crippen molar-refractivity contribution in [2.45, 2.75) is 6.92 Å². The number of nitrogens with zero attached hydrogens (tertiary/aromatic N) is 1. The second-order valence-corrected chi connectivity index (χ2v) is 6.78. The molecule has 0 aliphatic carbocycles. The number of aryl methyl sites for hydroxylation is 1. The number of ether oxygens (including phenoxy) is 3. The fraction of sp³-hybridized carbons (Fsp3) is 0.211. The molecule has 0 fully saturated rings. The van der Waals surface area contributed by atoms with Crippen LogP contribution < -0.4 is 19.6 Å². The van der Waals surface area contributed by atoms with Crippen LogP contribution in [0.3, 0.4) is 0 Å². The van der Waals surface area contributed by atoms with Crippen LogP contribution in [-0.4, -0.2) is 44.0 Å². The highest BCUT2D eigenvalue weighted by molar-refractivity contribution is 14.1. The van der Waals surface area contributed by atoms with E-state index in [0.29, 0.717) is 31.9 Å². The Labute approximate surface area is 175 Å². The third-order valence-electron chi connectivity index (χ3n) is 3.57. The zero-order valence-corrected chi connectivity index (χ0v) is 17.6. The van der Waals surface area contributed by atoms with E-state index < -0.39 is 18.5 Å². The number of carboxylic acids is 1. The van der Waals surface area contributed by atoms with Gasteiger partial charge in [0.25, 0.3) is 5.91 Å². The second-order valence-electron chi connectivity index (χ2n) is 5.62. The SMILES string of the molecule is COc1cc(C)ccc1C(=O)N/N=C\c1cc(I)c(OCC(=O)O)c(OC)c1. The first-order valence-electron chi connectivity index (χ1n) is 8.06. The minimum atomic E-state index is -1.09. The van der Waals surface area contributed by atoms with Crippen molar-refractivity contribution in [2.75, 3.05) is 20.8 Å². The fourth-order valence-electron chi connectivity index (χ4n) is 2.30. The predicted molar refractivity (Wildman–Crippen MR) is 112 cm³/mol. The Hall–Kier alpha value is -2.82. The molecule has 0 heterocycles. The zero-order chi connectivity index (χ0) is 20.7. The Bertz CT molecular complexity index is 914. The number of carbonyl (C=O) groups excluding carboxylic acids is 1. The average molecular weight is 498 g/mol. The summed E-state index contributed by atoms with van der Waals surface area (Å²) in [5, 5.41) is 12.7. The highest BCUT2D eigenvalue weighted by Gasteiger charge is 2.14. The number of amides is 1. The largest absolute Gasteiger partial charge is 0.496 e. The first-order valence-corrected chi connectivity index (χ1v) is 9.13. The highest BCUT2D eigenvalue weighted by Crippen LogP contribution is 2.33. The van der Waals surface area contributed by atoms with Gasteiger partial charge in [-0.2, -0.15) is 5.10 Å². The minimum Gasteiger partial charge on any atom is -0.496 e. The molecule has 0 aliphatic rings. The molecule has 0 radical (unpaired) electrons. The summed E-state index contributed by atoms with van der Waals surface area (Å²) in [5.41, 5.74) is 4.44. The standard InChI is InChI=1S/C19H19IN2O6/c1-11-4-5-13(15(6-11)26-2)19(25)22-21-9-12-7-14(20)18(16(8-12)27-3)28-10-17(23)24/h4-9H,10H2,1-3H3,(H,22,25)(H,23,24)/b21-9-. The lowest BCUT2D eigenvalue weighted by Crippen LogP contribution is -2.18. The molecular weight excluding hydrogens is 479 g/mol. The number of carboxylic acid groups (broad SMARTS) is 1. The number of nitrogens with one attached hydrogen (secondary N) is 1. The molecule has 8 nitrogen and oxygen atoms in total. The van der Waals surface area contributed by atoms with E-state index in [9.17, 15) is 9.59 Å². The van der Waals surface area contributed by atoms with Crippen molar-refractivity contribution in [3.63, 3.8) is 0 Å². The van der Waals surface area contributed by atoms with Crippen molar-refractivity contribution < 1.29 is 28.9 Å². The van der Waals surface area contributed by atoms with Gasteiger partial charge in [0.1, 0.15) is 5.75 Å². The van der Waals surface area contributed by atoms with Crippen molar-refractivity contribution in [1.29, 1.82) is 0 Å². The summed E-state index contributed by atoms with van der Waals surface area (Å²) in [6, 6.07) is 8.59. The number of hydrogen-bond acceptors (Lipinski definition) is 6. The minimum absolute atomic E-state index is 0.330. The van der Waals surface area contributed by atoms with Gasteiger partial charge in [-0.25, -0.2) is 10.2 Å². The number of hydrogen-bond donors (Lipinski definition) is 2. The molecule has 9 heteroatoms. The first-order chi connectivity index (χ1) is 13.3. The van der Waals surface area contributed by atoms with Crippen LogP contribution in [0, 0.1) is 10.5 Å². The van der Waals surface area contributed by atoms with Gasteiger partial charge in [-0.3, -0.25) is 4.79 Å². The number of halogens is 1. The maximum atomic E-state index is 12.3. The topological polar surface area (TPSA) is 106 Å². The second kappa shape index (κ2) is 9.93. The van der Waals surface area contributed by atoms with E-state index in [-0.39, 0.29) is 0 Å². The van der Waals surface area contributed by atoms with Crippen LogP contribution >= 0.6 is 22.6 Å². The number of rotatable bonds is 8. The molecule has 2 aromatic rings. The maximum absolute atomic E-state index is 12.3. The molecule has 0 aliphatic heterocycles. The third kappa shape index (κ3) is 5.59. The van der Waals surface area contributed by atoms with Gasteiger partial charge < -0.3 is 19.3 Å². The van der Waals surface area contributed by atoms with Gasteiger partial charge in [-0.1, -0.05) is 6.07 Å². The van der Waals surface area contributed by atoms with Gasteiger partial charge in [0, 0.05) is 0 Å². The molecule has 2 aromatic carbocycles. The first kappa shape index (κ1) is 21.5. The lowest BCUT2D eigenvalue weighted by Gasteiger charge is -2.12. The van der Waals surface area contributed by atoms with Crippen LogP contribution in [-0.2, 0) is 4.79 Å². The molecule has 148 valence electrons. The van der Waals surface area contributed by atoms with Gasteiger partial charge in [-0.05, 0) is 64.9 Å². The lowest BCUT2D eigenvalue weighted by molar-refractivity contribution is -0.139. The summed E-state index contributed by atoms with van der Waals surface area (Å²) in [5.74, 6) is -0.338. The normalized spacial score (nSPS) is 10.6. The van der Waals surface area contributed by atoms with E-state index >= 15 is 0 Å². The molecule has 2 rings (SSSR count). The van der Waals surface area contributed by atoms with Gasteiger partial charge in [0.2, 0.25) is 0 Å². The average Bonchev–Trinajstić information content (AvgIpc) is 2.66. The number of carbonyl (C=O) groups is 2. The molecule has 0 bridgehead atoms. The predicted octanol–water partition coefficient (Wildman–Crippen LogP) is 2.84. The number of methoxy groups -OCH3 is 2. The fourth-order valence-corrected chi connectivity index (χ4v) is 3.08. The third-order valence-corrected chi connectivity index (χ3v) is 4.37. The van der Waals surface area contributed by atoms with Crippen molar-refractivity contribution in [3.05, 3.63) is 50.6 Å². The van der Waals surface area contributed by atoms with Crippen molar-refractivity contribution in [3.8, 4) is 17.2 Å². The quantitative estimate of drug-likeness (QED) is 0.330.